The summed E-state index contributed by atoms with van der Waals surface area (Å²) in [5, 5.41) is 0. The Kier molecular flexibility index (Phi) is 9.87. The van der Waals surface area contributed by atoms with E-state index in [0.717, 1.165) is 44.9 Å². The first-order chi connectivity index (χ1) is 20.5. The number of benzene rings is 4. The summed E-state index contributed by atoms with van der Waals surface area (Å²) in [6.07, 6.45) is 11.6. The Hall–Kier alpha value is -4.17. The van der Waals surface area contributed by atoms with Crippen molar-refractivity contribution in [1.29, 1.82) is 0 Å². The van der Waals surface area contributed by atoms with Gasteiger partial charge in [0.25, 0.3) is 0 Å². The van der Waals surface area contributed by atoms with Gasteiger partial charge in [-0.25, -0.2) is 4.79 Å². The second kappa shape index (κ2) is 14.1. The van der Waals surface area contributed by atoms with Crippen LogP contribution in [0.3, 0.4) is 0 Å². The lowest BCUT2D eigenvalue weighted by Gasteiger charge is -2.31. The van der Waals surface area contributed by atoms with Crippen LogP contribution in [0.25, 0.3) is 6.08 Å². The first kappa shape index (κ1) is 29.3. The molecule has 0 amide bonds. The third-order valence-corrected chi connectivity index (χ3v) is 8.63. The zero-order valence-corrected chi connectivity index (χ0v) is 25.0. The first-order valence-electron chi connectivity index (χ1n) is 15.2. The monoisotopic (exact) mass is 554 g/mol. The molecule has 5 rings (SSSR count). The van der Waals surface area contributed by atoms with E-state index in [0.29, 0.717) is 17.4 Å². The van der Waals surface area contributed by atoms with Gasteiger partial charge in [0.2, 0.25) is 0 Å². The lowest BCUT2D eigenvalue weighted by atomic mass is 9.73. The third-order valence-electron chi connectivity index (χ3n) is 8.63. The average molecular weight is 555 g/mol. The molecule has 0 bridgehead atoms. The fraction of sp³-hybridized carbons (Fsp3) is 0.275. The van der Waals surface area contributed by atoms with Gasteiger partial charge in [-0.2, -0.15) is 0 Å². The van der Waals surface area contributed by atoms with Crippen molar-refractivity contribution in [2.24, 2.45) is 5.92 Å². The number of carbonyl (C=O) groups excluding carboxylic acids is 1. The molecule has 2 unspecified atom stereocenters. The third kappa shape index (κ3) is 7.56. The number of ether oxygens (including phenoxy) is 1. The molecule has 2 atom stereocenters. The molecule has 1 aliphatic carbocycles. The summed E-state index contributed by atoms with van der Waals surface area (Å²) in [6.45, 7) is 6.86. The predicted octanol–water partition coefficient (Wildman–Crippen LogP) is 9.37. The lowest BCUT2D eigenvalue weighted by Crippen LogP contribution is -2.19. The SMILES string of the molecule is C=C(CCc1ccccc1/C=C\Cc1ccc(CCc2ccccc2)cc1)C1CC(C)Cc2cc(C(=O)OC)ccc21. The maximum atomic E-state index is 12.1. The van der Waals surface area contributed by atoms with Crippen LogP contribution in [0.15, 0.2) is 115 Å². The number of methoxy groups -OCH3 is 1. The highest BCUT2D eigenvalue weighted by molar-refractivity contribution is 5.89. The Labute approximate surface area is 251 Å². The van der Waals surface area contributed by atoms with Crippen LogP contribution in [0, 0.1) is 5.92 Å². The molecule has 0 aromatic heterocycles. The maximum Gasteiger partial charge on any atom is 0.337 e. The average Bonchev–Trinajstić information content (AvgIpc) is 3.03. The number of hydrogen-bond donors (Lipinski definition) is 0. The van der Waals surface area contributed by atoms with Crippen molar-refractivity contribution in [2.75, 3.05) is 7.11 Å². The number of carbonyl (C=O) groups is 1. The van der Waals surface area contributed by atoms with E-state index in [1.165, 1.54) is 51.6 Å². The lowest BCUT2D eigenvalue weighted by molar-refractivity contribution is 0.0600. The van der Waals surface area contributed by atoms with Crippen LogP contribution in [0.1, 0.15) is 75.0 Å². The van der Waals surface area contributed by atoms with Gasteiger partial charge >= 0.3 is 5.97 Å². The summed E-state index contributed by atoms with van der Waals surface area (Å²) < 4.78 is 4.95. The fourth-order valence-electron chi connectivity index (χ4n) is 6.23. The molecule has 0 radical (unpaired) electrons. The highest BCUT2D eigenvalue weighted by Crippen LogP contribution is 2.40. The van der Waals surface area contributed by atoms with Gasteiger partial charge in [-0.1, -0.05) is 116 Å². The van der Waals surface area contributed by atoms with Crippen molar-refractivity contribution in [3.8, 4) is 0 Å². The van der Waals surface area contributed by atoms with Gasteiger partial charge in [0.05, 0.1) is 12.7 Å². The van der Waals surface area contributed by atoms with Crippen LogP contribution >= 0.6 is 0 Å². The molecule has 2 nitrogen and oxygen atoms in total. The second-order valence-electron chi connectivity index (χ2n) is 11.8. The minimum atomic E-state index is -0.271. The van der Waals surface area contributed by atoms with E-state index >= 15 is 0 Å². The van der Waals surface area contributed by atoms with Crippen LogP contribution in [-0.4, -0.2) is 13.1 Å². The molecular formula is C40H42O2. The van der Waals surface area contributed by atoms with Gasteiger partial charge < -0.3 is 4.74 Å². The van der Waals surface area contributed by atoms with Gasteiger partial charge in [0.15, 0.2) is 0 Å². The van der Waals surface area contributed by atoms with E-state index in [-0.39, 0.29) is 5.97 Å². The molecule has 2 heteroatoms. The van der Waals surface area contributed by atoms with E-state index in [1.54, 1.807) is 0 Å². The molecule has 0 saturated carbocycles. The Bertz CT molecular complexity index is 1530. The maximum absolute atomic E-state index is 12.1. The van der Waals surface area contributed by atoms with Crippen molar-refractivity contribution in [1.82, 2.24) is 0 Å². The van der Waals surface area contributed by atoms with Crippen molar-refractivity contribution in [2.45, 2.75) is 57.8 Å². The minimum Gasteiger partial charge on any atom is -0.465 e. The number of allylic oxidation sites excluding steroid dienone is 2. The van der Waals surface area contributed by atoms with Crippen LogP contribution in [0.5, 0.6) is 0 Å². The quantitative estimate of drug-likeness (QED) is 0.136. The molecule has 42 heavy (non-hydrogen) atoms. The van der Waals surface area contributed by atoms with Crippen LogP contribution < -0.4 is 0 Å². The Morgan fingerprint density at radius 2 is 1.55 bits per heavy atom. The largest absolute Gasteiger partial charge is 0.465 e. The molecular weight excluding hydrogens is 512 g/mol. The van der Waals surface area contributed by atoms with Crippen molar-refractivity contribution in [3.63, 3.8) is 0 Å². The van der Waals surface area contributed by atoms with E-state index in [2.05, 4.69) is 111 Å². The summed E-state index contributed by atoms with van der Waals surface area (Å²) in [6, 6.07) is 34.5. The molecule has 0 spiro atoms. The Balaban J connectivity index is 1.18. The Morgan fingerprint density at radius 3 is 2.31 bits per heavy atom. The van der Waals surface area contributed by atoms with E-state index in [1.807, 2.05) is 12.1 Å². The van der Waals surface area contributed by atoms with Gasteiger partial charge in [-0.15, -0.1) is 0 Å². The molecule has 0 fully saturated rings. The fourth-order valence-corrected chi connectivity index (χ4v) is 6.23. The molecule has 214 valence electrons. The number of hydrogen-bond acceptors (Lipinski definition) is 2. The summed E-state index contributed by atoms with van der Waals surface area (Å²) >= 11 is 0. The van der Waals surface area contributed by atoms with Crippen LogP contribution in [0.4, 0.5) is 0 Å². The number of fused-ring (bicyclic) bond motifs is 1. The molecule has 4 aromatic carbocycles. The summed E-state index contributed by atoms with van der Waals surface area (Å²) in [4.78, 5) is 12.1. The van der Waals surface area contributed by atoms with E-state index < -0.39 is 0 Å². The number of rotatable bonds is 11. The second-order valence-corrected chi connectivity index (χ2v) is 11.8. The highest BCUT2D eigenvalue weighted by atomic mass is 16.5. The van der Waals surface area contributed by atoms with Crippen LogP contribution in [-0.2, 0) is 36.8 Å². The van der Waals surface area contributed by atoms with Gasteiger partial charge in [-0.05, 0) is 102 Å². The van der Waals surface area contributed by atoms with Crippen LogP contribution in [0.2, 0.25) is 0 Å². The molecule has 0 heterocycles. The van der Waals surface area contributed by atoms with E-state index in [4.69, 9.17) is 4.74 Å². The van der Waals surface area contributed by atoms with Crippen molar-refractivity contribution in [3.05, 3.63) is 160 Å². The Morgan fingerprint density at radius 1 is 0.857 bits per heavy atom. The summed E-state index contributed by atoms with van der Waals surface area (Å²) in [5.41, 5.74) is 11.2. The topological polar surface area (TPSA) is 26.3 Å². The summed E-state index contributed by atoms with van der Waals surface area (Å²) in [5.74, 6) is 0.612. The minimum absolute atomic E-state index is 0.271. The van der Waals surface area contributed by atoms with Crippen molar-refractivity contribution < 1.29 is 9.53 Å². The smallest absolute Gasteiger partial charge is 0.337 e. The van der Waals surface area contributed by atoms with Gasteiger partial charge in [0, 0.05) is 5.92 Å². The van der Waals surface area contributed by atoms with Gasteiger partial charge in [0.1, 0.15) is 0 Å². The van der Waals surface area contributed by atoms with Gasteiger partial charge in [-0.3, -0.25) is 0 Å². The zero-order valence-electron chi connectivity index (χ0n) is 25.0. The first-order valence-corrected chi connectivity index (χ1v) is 15.2. The standard InChI is InChI=1S/C40H42O2/c1-29-26-37-28-36(40(41)42-3)24-25-38(37)39(27-29)30(2)16-23-35-14-8-7-13-34(35)15-9-12-32-18-21-33(22-19-32)20-17-31-10-5-4-6-11-31/h4-11,13-15,18-19,21-22,24-25,28-29,39H,2,12,16-17,20,23,26-27H2,1,3H3/b15-9-. The van der Waals surface area contributed by atoms with Crippen molar-refractivity contribution >= 4 is 12.0 Å². The number of aryl methyl sites for hydroxylation is 3. The molecule has 1 aliphatic rings. The predicted molar refractivity (Wildman–Crippen MR) is 175 cm³/mol. The van der Waals surface area contributed by atoms with E-state index in [9.17, 15) is 4.79 Å². The molecule has 0 saturated heterocycles. The number of esters is 1. The summed E-state index contributed by atoms with van der Waals surface area (Å²) in [7, 11) is 1.44. The zero-order chi connectivity index (χ0) is 29.3. The molecule has 0 N–H and O–H groups in total. The molecule has 4 aromatic rings. The molecule has 0 aliphatic heterocycles. The highest BCUT2D eigenvalue weighted by Gasteiger charge is 2.27. The normalized spacial score (nSPS) is 16.2.